The van der Waals surface area contributed by atoms with Crippen LogP contribution in [0.25, 0.3) is 10.4 Å². The molecular formula is C36H37N3O7. The van der Waals surface area contributed by atoms with Gasteiger partial charge in [-0.1, -0.05) is 126 Å². The molecule has 0 unspecified atom stereocenters. The van der Waals surface area contributed by atoms with Crippen molar-refractivity contribution in [1.29, 1.82) is 0 Å². The van der Waals surface area contributed by atoms with Crippen molar-refractivity contribution in [2.45, 2.75) is 63.2 Å². The Kier molecular flexibility index (Phi) is 12.3. The van der Waals surface area contributed by atoms with E-state index >= 15 is 0 Å². The molecule has 0 amide bonds. The average molecular weight is 624 g/mol. The Morgan fingerprint density at radius 2 is 1.09 bits per heavy atom. The van der Waals surface area contributed by atoms with Gasteiger partial charge in [-0.2, -0.15) is 0 Å². The molecule has 238 valence electrons. The summed E-state index contributed by atoms with van der Waals surface area (Å²) in [5, 5.41) is 3.85. The fourth-order valence-corrected chi connectivity index (χ4v) is 5.25. The summed E-state index contributed by atoms with van der Waals surface area (Å²) >= 11 is 0. The van der Waals surface area contributed by atoms with Gasteiger partial charge in [0, 0.05) is 12.0 Å². The maximum atomic E-state index is 13.6. The lowest BCUT2D eigenvalue weighted by atomic mass is 9.93. The smallest absolute Gasteiger partial charge is 0.318 e. The molecule has 10 nitrogen and oxygen atoms in total. The van der Waals surface area contributed by atoms with Crippen molar-refractivity contribution in [1.82, 2.24) is 0 Å². The summed E-state index contributed by atoms with van der Waals surface area (Å²) in [5.74, 6) is -0.764. The third-order valence-electron chi connectivity index (χ3n) is 7.57. The van der Waals surface area contributed by atoms with Gasteiger partial charge >= 0.3 is 5.97 Å². The van der Waals surface area contributed by atoms with Crippen LogP contribution < -0.4 is 0 Å². The Balaban J connectivity index is 1.48. The molecule has 1 saturated heterocycles. The van der Waals surface area contributed by atoms with Gasteiger partial charge in [-0.3, -0.25) is 4.79 Å². The van der Waals surface area contributed by atoms with Crippen molar-refractivity contribution in [2.75, 3.05) is 7.11 Å². The predicted molar refractivity (Wildman–Crippen MR) is 170 cm³/mol. The monoisotopic (exact) mass is 623 g/mol. The number of hydrogen-bond acceptors (Lipinski definition) is 8. The molecule has 0 radical (unpaired) electrons. The molecule has 0 N–H and O–H groups in total. The molecule has 5 rings (SSSR count). The molecule has 46 heavy (non-hydrogen) atoms. The lowest BCUT2D eigenvalue weighted by molar-refractivity contribution is -0.320. The lowest BCUT2D eigenvalue weighted by Crippen LogP contribution is -2.64. The molecule has 0 spiro atoms. The highest BCUT2D eigenvalue weighted by atomic mass is 16.7. The second-order valence-electron chi connectivity index (χ2n) is 10.7. The van der Waals surface area contributed by atoms with Gasteiger partial charge in [0.15, 0.2) is 12.3 Å². The van der Waals surface area contributed by atoms with E-state index in [2.05, 4.69) is 10.0 Å². The van der Waals surface area contributed by atoms with Crippen molar-refractivity contribution < 1.29 is 33.2 Å². The minimum Gasteiger partial charge on any atom is -0.460 e. The Morgan fingerprint density at radius 3 is 1.52 bits per heavy atom. The van der Waals surface area contributed by atoms with Gasteiger partial charge in [0.05, 0.1) is 19.8 Å². The highest BCUT2D eigenvalue weighted by Gasteiger charge is 2.52. The van der Waals surface area contributed by atoms with Crippen molar-refractivity contribution in [3.8, 4) is 0 Å². The standard InChI is InChI=1S/C36H37N3O7/c1-41-36-34(44-24-28-18-10-4-11-19-28)33(43-23-27-16-8-3-9-17-27)32(42-22-26-14-6-2-7-15-26)31(46-36)30(38-39-37)35(40)45-25-29-20-12-5-13-21-29/h2-21,30-34,36H,22-25H2,1H3/t30-,31-,32-,33+,34-,36+/m1/s1. The molecule has 0 saturated carbocycles. The van der Waals surface area contributed by atoms with Gasteiger partial charge in [-0.05, 0) is 27.8 Å². The van der Waals surface area contributed by atoms with Crippen LogP contribution in [0.1, 0.15) is 22.3 Å². The fraction of sp³-hybridized carbons (Fsp3) is 0.306. The fourth-order valence-electron chi connectivity index (χ4n) is 5.25. The molecule has 4 aromatic rings. The molecular weight excluding hydrogens is 586 g/mol. The highest BCUT2D eigenvalue weighted by Crippen LogP contribution is 2.33. The van der Waals surface area contributed by atoms with Crippen LogP contribution in [0.4, 0.5) is 0 Å². The molecule has 1 heterocycles. The number of benzene rings is 4. The number of rotatable bonds is 15. The van der Waals surface area contributed by atoms with Crippen molar-refractivity contribution in [2.24, 2.45) is 5.11 Å². The van der Waals surface area contributed by atoms with E-state index in [1.54, 1.807) is 0 Å². The van der Waals surface area contributed by atoms with E-state index in [9.17, 15) is 10.3 Å². The lowest BCUT2D eigenvalue weighted by Gasteiger charge is -2.46. The van der Waals surface area contributed by atoms with Crippen LogP contribution in [0.5, 0.6) is 0 Å². The summed E-state index contributed by atoms with van der Waals surface area (Å²) < 4.78 is 37.3. The summed E-state index contributed by atoms with van der Waals surface area (Å²) in [4.78, 5) is 16.5. The molecule has 10 heteroatoms. The molecule has 1 aliphatic heterocycles. The maximum Gasteiger partial charge on any atom is 0.318 e. The second kappa shape index (κ2) is 17.2. The molecule has 1 aliphatic rings. The highest BCUT2D eigenvalue weighted by molar-refractivity contribution is 5.77. The average Bonchev–Trinajstić information content (AvgIpc) is 3.12. The summed E-state index contributed by atoms with van der Waals surface area (Å²) in [6, 6.07) is 36.8. The third kappa shape index (κ3) is 9.02. The van der Waals surface area contributed by atoms with Gasteiger partial charge in [-0.15, -0.1) is 0 Å². The molecule has 4 aromatic carbocycles. The first-order chi connectivity index (χ1) is 22.7. The van der Waals surface area contributed by atoms with Crippen LogP contribution in [0, 0.1) is 0 Å². The van der Waals surface area contributed by atoms with Gasteiger partial charge < -0.3 is 28.4 Å². The number of ether oxygens (including phenoxy) is 6. The van der Waals surface area contributed by atoms with E-state index in [0.717, 1.165) is 22.3 Å². The number of methoxy groups -OCH3 is 1. The Hall–Kier alpha value is -4.54. The normalized spacial score (nSPS) is 21.5. The van der Waals surface area contributed by atoms with Gasteiger partial charge in [-0.25, -0.2) is 0 Å². The first-order valence-electron chi connectivity index (χ1n) is 15.1. The number of nitrogens with zero attached hydrogens (tertiary/aromatic N) is 3. The molecule has 0 aliphatic carbocycles. The number of carbonyl (C=O) groups excluding carboxylic acids is 1. The Morgan fingerprint density at radius 1 is 0.674 bits per heavy atom. The minimum atomic E-state index is -1.41. The molecule has 1 fully saturated rings. The summed E-state index contributed by atoms with van der Waals surface area (Å²) in [6.45, 7) is 0.621. The topological polar surface area (TPSA) is 121 Å². The Bertz CT molecular complexity index is 1520. The van der Waals surface area contributed by atoms with Crippen LogP contribution >= 0.6 is 0 Å². The van der Waals surface area contributed by atoms with E-state index in [-0.39, 0.29) is 26.4 Å². The number of hydrogen-bond donors (Lipinski definition) is 0. The van der Waals surface area contributed by atoms with Crippen molar-refractivity contribution in [3.05, 3.63) is 154 Å². The Labute approximate surface area is 268 Å². The zero-order valence-corrected chi connectivity index (χ0v) is 25.5. The zero-order chi connectivity index (χ0) is 32.0. The van der Waals surface area contributed by atoms with E-state index in [0.29, 0.717) is 0 Å². The van der Waals surface area contributed by atoms with Crippen LogP contribution in [0.3, 0.4) is 0 Å². The summed E-state index contributed by atoms with van der Waals surface area (Å²) in [6.07, 6.45) is -4.65. The van der Waals surface area contributed by atoms with E-state index in [1.807, 2.05) is 121 Å². The number of esters is 1. The minimum absolute atomic E-state index is 0.0101. The van der Waals surface area contributed by atoms with Crippen LogP contribution in [-0.4, -0.2) is 49.8 Å². The number of azide groups is 1. The van der Waals surface area contributed by atoms with Gasteiger partial charge in [0.25, 0.3) is 0 Å². The molecule has 0 aromatic heterocycles. The van der Waals surface area contributed by atoms with Gasteiger partial charge in [0.2, 0.25) is 0 Å². The summed E-state index contributed by atoms with van der Waals surface area (Å²) in [7, 11) is 1.48. The van der Waals surface area contributed by atoms with Gasteiger partial charge in [0.1, 0.15) is 31.0 Å². The van der Waals surface area contributed by atoms with E-state index < -0.39 is 42.7 Å². The SMILES string of the molecule is CO[C@H]1O[C@H]([C@@H](N=[N+]=[N-])C(=O)OCc2ccccc2)[C@@H](OCc2ccccc2)[C@H](OCc2ccccc2)[C@H]1OCc1ccccc1. The van der Waals surface area contributed by atoms with Crippen LogP contribution in [0.15, 0.2) is 126 Å². The van der Waals surface area contributed by atoms with E-state index in [4.69, 9.17) is 28.4 Å². The quantitative estimate of drug-likeness (QED) is 0.0638. The van der Waals surface area contributed by atoms with Crippen LogP contribution in [-0.2, 0) is 59.6 Å². The van der Waals surface area contributed by atoms with Crippen molar-refractivity contribution >= 4 is 5.97 Å². The molecule has 6 atom stereocenters. The molecule has 0 bridgehead atoms. The maximum absolute atomic E-state index is 13.6. The predicted octanol–water partition coefficient (Wildman–Crippen LogP) is 6.54. The summed E-state index contributed by atoms with van der Waals surface area (Å²) in [5.41, 5.74) is 13.1. The zero-order valence-electron chi connectivity index (χ0n) is 25.5. The van der Waals surface area contributed by atoms with Crippen LogP contribution in [0.2, 0.25) is 0 Å². The third-order valence-corrected chi connectivity index (χ3v) is 7.57. The second-order valence-corrected chi connectivity index (χ2v) is 10.7. The van der Waals surface area contributed by atoms with Crippen molar-refractivity contribution in [3.63, 3.8) is 0 Å². The van der Waals surface area contributed by atoms with E-state index in [1.165, 1.54) is 7.11 Å². The largest absolute Gasteiger partial charge is 0.460 e. The first-order valence-corrected chi connectivity index (χ1v) is 15.1. The number of carbonyl (C=O) groups is 1. The first kappa shape index (κ1) is 32.8.